The average Bonchev–Trinajstić information content (AvgIpc) is 2.20. The molecule has 1 aromatic rings. The molecule has 0 bridgehead atoms. The third-order valence-corrected chi connectivity index (χ3v) is 4.54. The summed E-state index contributed by atoms with van der Waals surface area (Å²) in [7, 11) is 0. The zero-order valence-corrected chi connectivity index (χ0v) is 10.2. The molecule has 2 rings (SSSR count). The first-order valence-electron chi connectivity index (χ1n) is 5.02. The molecule has 0 amide bonds. The molecule has 0 aromatic carbocycles. The topological polar surface area (TPSA) is 37.8 Å². The van der Waals surface area contributed by atoms with E-state index in [0.717, 1.165) is 12.4 Å². The van der Waals surface area contributed by atoms with Crippen LogP contribution in [0.25, 0.3) is 0 Å². The van der Waals surface area contributed by atoms with Crippen LogP contribution in [0.15, 0.2) is 12.1 Å². The van der Waals surface area contributed by atoms with Gasteiger partial charge in [0.2, 0.25) is 0 Å². The maximum absolute atomic E-state index is 5.66. The lowest BCUT2D eigenvalue weighted by Crippen LogP contribution is -2.40. The van der Waals surface area contributed by atoms with Gasteiger partial charge >= 0.3 is 0 Å². The van der Waals surface area contributed by atoms with Gasteiger partial charge in [0.1, 0.15) is 5.82 Å². The number of nitrogens with zero attached hydrogens (tertiary/aromatic N) is 2. The smallest absolute Gasteiger partial charge is 0.151 e. The quantitative estimate of drug-likeness (QED) is 0.883. The lowest BCUT2D eigenvalue weighted by molar-refractivity contribution is 0.379. The van der Waals surface area contributed by atoms with Crippen LogP contribution in [0.4, 0.5) is 5.82 Å². The van der Waals surface area contributed by atoms with E-state index in [0.29, 0.717) is 9.90 Å². The minimum Gasteiger partial charge on any atom is -0.367 e. The third-order valence-electron chi connectivity index (χ3n) is 2.92. The molecule has 5 heteroatoms. The molecule has 1 fully saturated rings. The van der Waals surface area contributed by atoms with E-state index in [1.54, 1.807) is 6.07 Å². The molecule has 3 nitrogen and oxygen atoms in total. The van der Waals surface area contributed by atoms with E-state index < -0.39 is 0 Å². The van der Waals surface area contributed by atoms with Gasteiger partial charge in [-0.05, 0) is 31.2 Å². The Bertz CT molecular complexity index is 318. The highest BCUT2D eigenvalue weighted by molar-refractivity contribution is 8.00. The Morgan fingerprint density at radius 1 is 1.47 bits per heavy atom. The van der Waals surface area contributed by atoms with Gasteiger partial charge in [0.25, 0.3) is 0 Å². The number of halogens is 1. The van der Waals surface area contributed by atoms with Gasteiger partial charge in [-0.2, -0.15) is 11.8 Å². The van der Waals surface area contributed by atoms with Crippen LogP contribution < -0.4 is 5.32 Å². The standard InChI is InChI=1S/C10H14ClN3S/c1-15-10(5-2-6-10)7-12-9-4-3-8(11)13-14-9/h3-4H,2,5-7H2,1H3,(H,12,14). The van der Waals surface area contributed by atoms with Gasteiger partial charge in [-0.1, -0.05) is 18.0 Å². The average molecular weight is 244 g/mol. The summed E-state index contributed by atoms with van der Waals surface area (Å²) in [5.74, 6) is 0.805. The van der Waals surface area contributed by atoms with Crippen molar-refractivity contribution in [1.82, 2.24) is 10.2 Å². The molecule has 1 saturated carbocycles. The largest absolute Gasteiger partial charge is 0.367 e. The number of anilines is 1. The minimum atomic E-state index is 0.418. The van der Waals surface area contributed by atoms with Gasteiger partial charge < -0.3 is 5.32 Å². The summed E-state index contributed by atoms with van der Waals surface area (Å²) in [6.45, 7) is 0.963. The maximum Gasteiger partial charge on any atom is 0.151 e. The number of thioether (sulfide) groups is 1. The van der Waals surface area contributed by atoms with Crippen LogP contribution in [0.2, 0.25) is 5.15 Å². The highest BCUT2D eigenvalue weighted by Crippen LogP contribution is 2.42. The first-order valence-corrected chi connectivity index (χ1v) is 6.63. The SMILES string of the molecule is CSC1(CNc2ccc(Cl)nn2)CCC1. The van der Waals surface area contributed by atoms with Crippen LogP contribution in [-0.2, 0) is 0 Å². The summed E-state index contributed by atoms with van der Waals surface area (Å²) < 4.78 is 0.418. The Kier molecular flexibility index (Phi) is 3.36. The highest BCUT2D eigenvalue weighted by Gasteiger charge is 2.35. The molecule has 1 heterocycles. The van der Waals surface area contributed by atoms with E-state index in [4.69, 9.17) is 11.6 Å². The Labute approximate surface area is 99.0 Å². The normalized spacial score (nSPS) is 18.3. The summed E-state index contributed by atoms with van der Waals surface area (Å²) in [5, 5.41) is 11.5. The lowest BCUT2D eigenvalue weighted by Gasteiger charge is -2.40. The Morgan fingerprint density at radius 2 is 2.27 bits per heavy atom. The van der Waals surface area contributed by atoms with Crippen LogP contribution in [0, 0.1) is 0 Å². The number of aromatic nitrogens is 2. The van der Waals surface area contributed by atoms with Gasteiger partial charge in [-0.3, -0.25) is 0 Å². The molecular formula is C10H14ClN3S. The van der Waals surface area contributed by atoms with Crippen LogP contribution >= 0.6 is 23.4 Å². The van der Waals surface area contributed by atoms with E-state index in [1.807, 2.05) is 17.8 Å². The second-order valence-corrected chi connectivity index (χ2v) is 5.50. The Balaban J connectivity index is 1.90. The van der Waals surface area contributed by atoms with Gasteiger partial charge in [-0.15, -0.1) is 10.2 Å². The molecule has 1 aliphatic rings. The molecule has 0 spiro atoms. The van der Waals surface area contributed by atoms with Crippen molar-refractivity contribution in [3.63, 3.8) is 0 Å². The molecular weight excluding hydrogens is 230 g/mol. The molecule has 0 unspecified atom stereocenters. The van der Waals surface area contributed by atoms with Crippen molar-refractivity contribution in [3.8, 4) is 0 Å². The van der Waals surface area contributed by atoms with Crippen molar-refractivity contribution in [2.24, 2.45) is 0 Å². The monoisotopic (exact) mass is 243 g/mol. The number of hydrogen-bond donors (Lipinski definition) is 1. The highest BCUT2D eigenvalue weighted by atomic mass is 35.5. The molecule has 82 valence electrons. The summed E-state index contributed by atoms with van der Waals surface area (Å²) in [5.41, 5.74) is 0. The molecule has 1 N–H and O–H groups in total. The summed E-state index contributed by atoms with van der Waals surface area (Å²) >= 11 is 7.61. The van der Waals surface area contributed by atoms with E-state index >= 15 is 0 Å². The van der Waals surface area contributed by atoms with Gasteiger partial charge in [0.15, 0.2) is 5.15 Å². The zero-order valence-electron chi connectivity index (χ0n) is 8.66. The predicted octanol–water partition coefficient (Wildman–Crippen LogP) is 2.83. The van der Waals surface area contributed by atoms with Crippen molar-refractivity contribution < 1.29 is 0 Å². The van der Waals surface area contributed by atoms with Crippen LogP contribution in [0.1, 0.15) is 19.3 Å². The first-order chi connectivity index (χ1) is 7.24. The minimum absolute atomic E-state index is 0.418. The van der Waals surface area contributed by atoms with E-state index in [9.17, 15) is 0 Å². The van der Waals surface area contributed by atoms with Crippen molar-refractivity contribution >= 4 is 29.2 Å². The van der Waals surface area contributed by atoms with Crippen LogP contribution in [0.3, 0.4) is 0 Å². The van der Waals surface area contributed by atoms with Crippen LogP contribution in [0.5, 0.6) is 0 Å². The first kappa shape index (κ1) is 11.0. The summed E-state index contributed by atoms with van der Waals surface area (Å²) in [4.78, 5) is 0. The molecule has 0 aliphatic heterocycles. The molecule has 15 heavy (non-hydrogen) atoms. The number of nitrogens with one attached hydrogen (secondary N) is 1. The Morgan fingerprint density at radius 3 is 2.73 bits per heavy atom. The van der Waals surface area contributed by atoms with E-state index in [2.05, 4.69) is 21.8 Å². The summed E-state index contributed by atoms with van der Waals surface area (Å²) in [6, 6.07) is 3.62. The lowest BCUT2D eigenvalue weighted by atomic mass is 9.84. The van der Waals surface area contributed by atoms with E-state index in [-0.39, 0.29) is 0 Å². The fraction of sp³-hybridized carbons (Fsp3) is 0.600. The van der Waals surface area contributed by atoms with Gasteiger partial charge in [0, 0.05) is 11.3 Å². The van der Waals surface area contributed by atoms with Gasteiger partial charge in [-0.25, -0.2) is 0 Å². The van der Waals surface area contributed by atoms with Crippen LogP contribution in [-0.4, -0.2) is 27.7 Å². The van der Waals surface area contributed by atoms with Crippen molar-refractivity contribution in [2.45, 2.75) is 24.0 Å². The molecule has 0 radical (unpaired) electrons. The molecule has 1 aromatic heterocycles. The predicted molar refractivity (Wildman–Crippen MR) is 65.6 cm³/mol. The fourth-order valence-corrected chi connectivity index (χ4v) is 2.70. The fourth-order valence-electron chi connectivity index (χ4n) is 1.69. The van der Waals surface area contributed by atoms with Crippen molar-refractivity contribution in [3.05, 3.63) is 17.3 Å². The maximum atomic E-state index is 5.66. The number of hydrogen-bond acceptors (Lipinski definition) is 4. The second kappa shape index (κ2) is 4.58. The van der Waals surface area contributed by atoms with Gasteiger partial charge in [0.05, 0.1) is 0 Å². The molecule has 0 atom stereocenters. The molecule has 1 aliphatic carbocycles. The Hall–Kier alpha value is -0.480. The number of rotatable bonds is 4. The van der Waals surface area contributed by atoms with E-state index in [1.165, 1.54) is 19.3 Å². The molecule has 0 saturated heterocycles. The zero-order chi connectivity index (χ0) is 10.7. The second-order valence-electron chi connectivity index (χ2n) is 3.84. The summed E-state index contributed by atoms with van der Waals surface area (Å²) in [6.07, 6.45) is 6.10. The van der Waals surface area contributed by atoms with Crippen molar-refractivity contribution in [1.29, 1.82) is 0 Å². The third kappa shape index (κ3) is 2.55. The van der Waals surface area contributed by atoms with Crippen molar-refractivity contribution in [2.75, 3.05) is 18.1 Å².